The summed E-state index contributed by atoms with van der Waals surface area (Å²) in [4.78, 5) is 30.2. The maximum Gasteiger partial charge on any atom is 0.307 e. The fraction of sp³-hybridized carbons (Fsp3) is 0.381. The highest BCUT2D eigenvalue weighted by Crippen LogP contribution is 2.48. The molecule has 140 valence electrons. The summed E-state index contributed by atoms with van der Waals surface area (Å²) >= 11 is 1.43. The monoisotopic (exact) mass is 382 g/mol. The number of fused-ring (bicyclic) bond motifs is 2. The standard InChI is InChI=1S/C21H22N2O3S/c1-10-4-5-11(2)15(8-10)18-12(3)27-21(22-18)23-19(24)16-13-6-7-14(9-13)17(16)20(25)26/h4-8,13-14,16-17H,9H2,1-3H3,(H,25,26)(H,22,23,24)/t13-,14-,16+,17+/m0/s1. The van der Waals surface area contributed by atoms with E-state index in [1.807, 2.05) is 32.9 Å². The second-order valence-corrected chi connectivity index (χ2v) is 8.77. The molecule has 0 spiro atoms. The quantitative estimate of drug-likeness (QED) is 0.777. The van der Waals surface area contributed by atoms with Crippen LogP contribution in [0.3, 0.4) is 0 Å². The molecule has 2 bridgehead atoms. The van der Waals surface area contributed by atoms with Gasteiger partial charge in [-0.15, -0.1) is 11.3 Å². The molecule has 4 atom stereocenters. The Hall–Kier alpha value is -2.47. The molecule has 5 nitrogen and oxygen atoms in total. The van der Waals surface area contributed by atoms with Gasteiger partial charge in [0.25, 0.3) is 0 Å². The van der Waals surface area contributed by atoms with Gasteiger partial charge in [0, 0.05) is 10.4 Å². The molecule has 1 amide bonds. The Labute approximate surface area is 162 Å². The third-order valence-electron chi connectivity index (χ3n) is 5.72. The smallest absolute Gasteiger partial charge is 0.307 e. The van der Waals surface area contributed by atoms with Crippen molar-refractivity contribution in [1.82, 2.24) is 4.98 Å². The van der Waals surface area contributed by atoms with E-state index < -0.39 is 17.8 Å². The molecule has 27 heavy (non-hydrogen) atoms. The molecule has 4 rings (SSSR count). The van der Waals surface area contributed by atoms with E-state index in [0.717, 1.165) is 33.7 Å². The SMILES string of the molecule is Cc1ccc(C)c(-c2nc(NC(=O)[C@H]3[C@H](C(=O)O)[C@H]4C=C[C@H]3C4)sc2C)c1. The van der Waals surface area contributed by atoms with Crippen molar-refractivity contribution in [3.63, 3.8) is 0 Å². The van der Waals surface area contributed by atoms with Gasteiger partial charge in [0.15, 0.2) is 5.13 Å². The van der Waals surface area contributed by atoms with Gasteiger partial charge >= 0.3 is 5.97 Å². The van der Waals surface area contributed by atoms with E-state index in [-0.39, 0.29) is 17.7 Å². The number of nitrogens with zero attached hydrogens (tertiary/aromatic N) is 1. The topological polar surface area (TPSA) is 79.3 Å². The van der Waals surface area contributed by atoms with Crippen LogP contribution >= 0.6 is 11.3 Å². The van der Waals surface area contributed by atoms with Gasteiger partial charge in [-0.2, -0.15) is 0 Å². The first-order chi connectivity index (χ1) is 12.8. The Kier molecular flexibility index (Phi) is 4.38. The van der Waals surface area contributed by atoms with E-state index >= 15 is 0 Å². The molecule has 2 aliphatic carbocycles. The molecule has 1 aromatic heterocycles. The number of carbonyl (C=O) groups excluding carboxylic acids is 1. The fourth-order valence-corrected chi connectivity index (χ4v) is 5.23. The maximum atomic E-state index is 12.9. The van der Waals surface area contributed by atoms with E-state index in [4.69, 9.17) is 0 Å². The van der Waals surface area contributed by atoms with Crippen LogP contribution in [0, 0.1) is 44.4 Å². The summed E-state index contributed by atoms with van der Waals surface area (Å²) in [5.74, 6) is -2.31. The zero-order chi connectivity index (χ0) is 19.3. The van der Waals surface area contributed by atoms with Gasteiger partial charge in [-0.25, -0.2) is 4.98 Å². The van der Waals surface area contributed by atoms with Crippen molar-refractivity contribution in [2.75, 3.05) is 5.32 Å². The lowest BCUT2D eigenvalue weighted by molar-refractivity contribution is -0.146. The summed E-state index contributed by atoms with van der Waals surface area (Å²) in [5.41, 5.74) is 4.23. The van der Waals surface area contributed by atoms with Gasteiger partial charge < -0.3 is 10.4 Å². The molecule has 0 saturated heterocycles. The number of carbonyl (C=O) groups is 2. The van der Waals surface area contributed by atoms with Crippen LogP contribution in [-0.2, 0) is 9.59 Å². The van der Waals surface area contributed by atoms with Gasteiger partial charge in [0.05, 0.1) is 17.5 Å². The number of carboxylic acids is 1. The molecule has 2 aromatic rings. The third kappa shape index (κ3) is 3.08. The van der Waals surface area contributed by atoms with Gasteiger partial charge in [-0.1, -0.05) is 29.8 Å². The molecule has 1 fully saturated rings. The first-order valence-corrected chi connectivity index (χ1v) is 9.94. The second-order valence-electron chi connectivity index (χ2n) is 7.57. The minimum Gasteiger partial charge on any atom is -0.481 e. The van der Waals surface area contributed by atoms with E-state index in [1.54, 1.807) is 0 Å². The van der Waals surface area contributed by atoms with Gasteiger partial charge in [-0.3, -0.25) is 9.59 Å². The summed E-state index contributed by atoms with van der Waals surface area (Å²) in [5, 5.41) is 13.0. The number of thiazole rings is 1. The highest BCUT2D eigenvalue weighted by molar-refractivity contribution is 7.16. The number of aliphatic carboxylic acids is 1. The number of allylic oxidation sites excluding steroid dienone is 2. The number of amides is 1. The number of carboxylic acid groups (broad SMARTS) is 1. The number of aryl methyl sites for hydroxylation is 3. The Morgan fingerprint density at radius 1 is 1.15 bits per heavy atom. The van der Waals surface area contributed by atoms with Crippen LogP contribution in [0.1, 0.15) is 22.4 Å². The number of aromatic nitrogens is 1. The Bertz CT molecular complexity index is 962. The molecule has 1 aromatic carbocycles. The van der Waals surface area contributed by atoms with Crippen LogP contribution in [0.4, 0.5) is 5.13 Å². The zero-order valence-electron chi connectivity index (χ0n) is 15.5. The molecule has 0 aliphatic heterocycles. The molecule has 0 unspecified atom stereocenters. The normalized spacial score (nSPS) is 25.7. The van der Waals surface area contributed by atoms with Crippen molar-refractivity contribution in [2.45, 2.75) is 27.2 Å². The highest BCUT2D eigenvalue weighted by atomic mass is 32.1. The van der Waals surface area contributed by atoms with Crippen molar-refractivity contribution in [3.05, 3.63) is 46.4 Å². The van der Waals surface area contributed by atoms with E-state index in [2.05, 4.69) is 28.5 Å². The summed E-state index contributed by atoms with van der Waals surface area (Å²) in [7, 11) is 0. The van der Waals surface area contributed by atoms with Crippen LogP contribution in [-0.4, -0.2) is 22.0 Å². The minimum atomic E-state index is -0.890. The number of hydrogen-bond acceptors (Lipinski definition) is 4. The Morgan fingerprint density at radius 2 is 1.85 bits per heavy atom. The number of benzene rings is 1. The van der Waals surface area contributed by atoms with Crippen molar-refractivity contribution in [1.29, 1.82) is 0 Å². The van der Waals surface area contributed by atoms with Crippen LogP contribution in [0.25, 0.3) is 11.3 Å². The Balaban J connectivity index is 1.59. The minimum absolute atomic E-state index is 0.00986. The summed E-state index contributed by atoms with van der Waals surface area (Å²) in [6.45, 7) is 6.08. The van der Waals surface area contributed by atoms with Crippen molar-refractivity contribution in [3.8, 4) is 11.3 Å². The van der Waals surface area contributed by atoms with E-state index in [0.29, 0.717) is 5.13 Å². The summed E-state index contributed by atoms with van der Waals surface area (Å²) in [6.07, 6.45) is 4.68. The van der Waals surface area contributed by atoms with Crippen LogP contribution in [0.2, 0.25) is 0 Å². The highest BCUT2D eigenvalue weighted by Gasteiger charge is 2.51. The molecule has 2 aliphatic rings. The molecule has 2 N–H and O–H groups in total. The number of hydrogen-bond donors (Lipinski definition) is 2. The number of nitrogens with one attached hydrogen (secondary N) is 1. The molecule has 0 radical (unpaired) electrons. The lowest BCUT2D eigenvalue weighted by atomic mass is 9.82. The first-order valence-electron chi connectivity index (χ1n) is 9.12. The van der Waals surface area contributed by atoms with Gasteiger partial charge in [0.2, 0.25) is 5.91 Å². The maximum absolute atomic E-state index is 12.9. The average molecular weight is 382 g/mol. The summed E-state index contributed by atoms with van der Waals surface area (Å²) in [6, 6.07) is 6.24. The van der Waals surface area contributed by atoms with Crippen LogP contribution in [0.15, 0.2) is 30.4 Å². The third-order valence-corrected chi connectivity index (χ3v) is 6.61. The van der Waals surface area contributed by atoms with Crippen LogP contribution in [0.5, 0.6) is 0 Å². The number of anilines is 1. The molecule has 1 saturated carbocycles. The largest absolute Gasteiger partial charge is 0.481 e. The molecule has 1 heterocycles. The van der Waals surface area contributed by atoms with E-state index in [9.17, 15) is 14.7 Å². The van der Waals surface area contributed by atoms with Crippen molar-refractivity contribution < 1.29 is 14.7 Å². The fourth-order valence-electron chi connectivity index (χ4n) is 4.40. The molecule has 6 heteroatoms. The lowest BCUT2D eigenvalue weighted by Crippen LogP contribution is -2.36. The molecular weight excluding hydrogens is 360 g/mol. The van der Waals surface area contributed by atoms with E-state index in [1.165, 1.54) is 11.3 Å². The number of rotatable bonds is 4. The predicted molar refractivity (Wildman–Crippen MR) is 106 cm³/mol. The second kappa shape index (κ2) is 6.60. The first kappa shape index (κ1) is 17.9. The predicted octanol–water partition coefficient (Wildman–Crippen LogP) is 4.20. The Morgan fingerprint density at radius 3 is 2.56 bits per heavy atom. The van der Waals surface area contributed by atoms with Gasteiger partial charge in [-0.05, 0) is 50.7 Å². The summed E-state index contributed by atoms with van der Waals surface area (Å²) < 4.78 is 0. The van der Waals surface area contributed by atoms with Gasteiger partial charge in [0.1, 0.15) is 0 Å². The lowest BCUT2D eigenvalue weighted by Gasteiger charge is -2.23. The zero-order valence-corrected chi connectivity index (χ0v) is 16.3. The van der Waals surface area contributed by atoms with Crippen molar-refractivity contribution >= 4 is 28.3 Å². The van der Waals surface area contributed by atoms with Crippen molar-refractivity contribution in [2.24, 2.45) is 23.7 Å². The molecular formula is C21H22N2O3S. The van der Waals surface area contributed by atoms with Crippen LogP contribution < -0.4 is 5.32 Å². The average Bonchev–Trinajstić information content (AvgIpc) is 3.31.